The summed E-state index contributed by atoms with van der Waals surface area (Å²) in [7, 11) is 1.53. The molecule has 0 N–H and O–H groups in total. The lowest BCUT2D eigenvalue weighted by molar-refractivity contribution is -0.123. The molecular formula is C25H19ClFNO4S. The first-order valence-corrected chi connectivity index (χ1v) is 11.2. The van der Waals surface area contributed by atoms with E-state index in [1.807, 2.05) is 18.2 Å². The van der Waals surface area contributed by atoms with Gasteiger partial charge in [0, 0.05) is 16.1 Å². The molecule has 0 spiro atoms. The Morgan fingerprint density at radius 1 is 1.03 bits per heavy atom. The number of hydrogen-bond acceptors (Lipinski definition) is 5. The number of para-hydroxylation sites is 1. The van der Waals surface area contributed by atoms with Gasteiger partial charge in [0.15, 0.2) is 11.5 Å². The standard InChI is InChI=1S/C25H19ClFNO4S/c1-31-21-8-4-6-17(23(21)32-15-18-5-2-3-7-20(18)26)13-22-24(29)28(25(30)33-22)14-16-9-11-19(27)12-10-16/h2-13H,14-15H2,1H3/b22-13-. The Morgan fingerprint density at radius 3 is 2.52 bits per heavy atom. The molecule has 1 saturated heterocycles. The van der Waals surface area contributed by atoms with Crippen molar-refractivity contribution in [2.45, 2.75) is 13.2 Å². The number of halogens is 2. The summed E-state index contributed by atoms with van der Waals surface area (Å²) >= 11 is 7.08. The van der Waals surface area contributed by atoms with Crippen LogP contribution in [0.1, 0.15) is 16.7 Å². The van der Waals surface area contributed by atoms with E-state index < -0.39 is 11.1 Å². The van der Waals surface area contributed by atoms with E-state index in [9.17, 15) is 14.0 Å². The monoisotopic (exact) mass is 483 g/mol. The molecule has 1 fully saturated rings. The van der Waals surface area contributed by atoms with Crippen LogP contribution in [0.15, 0.2) is 71.6 Å². The van der Waals surface area contributed by atoms with Gasteiger partial charge in [-0.25, -0.2) is 4.39 Å². The number of carbonyl (C=O) groups excluding carboxylic acids is 2. The largest absolute Gasteiger partial charge is 0.493 e. The summed E-state index contributed by atoms with van der Waals surface area (Å²) in [5.41, 5.74) is 2.05. The summed E-state index contributed by atoms with van der Waals surface area (Å²) < 4.78 is 24.6. The van der Waals surface area contributed by atoms with E-state index in [2.05, 4.69) is 0 Å². The fourth-order valence-electron chi connectivity index (χ4n) is 3.28. The Bertz CT molecular complexity index is 1230. The number of nitrogens with zero attached hydrogens (tertiary/aromatic N) is 1. The van der Waals surface area contributed by atoms with Crippen LogP contribution >= 0.6 is 23.4 Å². The van der Waals surface area contributed by atoms with Gasteiger partial charge in [0.1, 0.15) is 12.4 Å². The maximum Gasteiger partial charge on any atom is 0.293 e. The number of amides is 2. The van der Waals surface area contributed by atoms with Crippen LogP contribution in [-0.4, -0.2) is 23.2 Å². The molecule has 33 heavy (non-hydrogen) atoms. The van der Waals surface area contributed by atoms with Crippen molar-refractivity contribution in [3.63, 3.8) is 0 Å². The van der Waals surface area contributed by atoms with Gasteiger partial charge in [-0.1, -0.05) is 54.1 Å². The number of ether oxygens (including phenoxy) is 2. The molecule has 4 rings (SSSR count). The van der Waals surface area contributed by atoms with Crippen molar-refractivity contribution >= 4 is 40.6 Å². The van der Waals surface area contributed by atoms with Crippen LogP contribution in [-0.2, 0) is 17.9 Å². The van der Waals surface area contributed by atoms with Crippen molar-refractivity contribution in [1.82, 2.24) is 4.90 Å². The predicted molar refractivity (Wildman–Crippen MR) is 127 cm³/mol. The number of imide groups is 1. The quantitative estimate of drug-likeness (QED) is 0.369. The molecule has 0 radical (unpaired) electrons. The van der Waals surface area contributed by atoms with Crippen molar-refractivity contribution in [3.05, 3.63) is 99.2 Å². The average Bonchev–Trinajstić information content (AvgIpc) is 3.07. The van der Waals surface area contributed by atoms with Gasteiger partial charge in [-0.15, -0.1) is 0 Å². The third-order valence-corrected chi connectivity index (χ3v) is 6.25. The predicted octanol–water partition coefficient (Wildman–Crippen LogP) is 6.30. The van der Waals surface area contributed by atoms with Crippen molar-refractivity contribution in [2.75, 3.05) is 7.11 Å². The van der Waals surface area contributed by atoms with E-state index in [1.165, 1.54) is 19.2 Å². The Balaban J connectivity index is 1.59. The van der Waals surface area contributed by atoms with Gasteiger partial charge in [0.05, 0.1) is 18.6 Å². The second-order valence-corrected chi connectivity index (χ2v) is 8.55. The Kier molecular flexibility index (Phi) is 7.01. The van der Waals surface area contributed by atoms with E-state index in [0.29, 0.717) is 27.6 Å². The van der Waals surface area contributed by atoms with Gasteiger partial charge in [-0.2, -0.15) is 0 Å². The number of benzene rings is 3. The lowest BCUT2D eigenvalue weighted by atomic mass is 10.1. The molecule has 3 aromatic rings. The highest BCUT2D eigenvalue weighted by Crippen LogP contribution is 2.38. The number of thioether (sulfide) groups is 1. The van der Waals surface area contributed by atoms with Gasteiger partial charge >= 0.3 is 0 Å². The first kappa shape index (κ1) is 22.9. The molecule has 3 aromatic carbocycles. The fraction of sp³-hybridized carbons (Fsp3) is 0.120. The molecule has 168 valence electrons. The first-order chi connectivity index (χ1) is 16.0. The molecule has 2 amide bonds. The van der Waals surface area contributed by atoms with Crippen LogP contribution in [0, 0.1) is 5.82 Å². The summed E-state index contributed by atoms with van der Waals surface area (Å²) in [6.07, 6.45) is 1.61. The highest BCUT2D eigenvalue weighted by Gasteiger charge is 2.35. The zero-order valence-corrected chi connectivity index (χ0v) is 19.2. The van der Waals surface area contributed by atoms with Crippen molar-refractivity contribution in [1.29, 1.82) is 0 Å². The van der Waals surface area contributed by atoms with Gasteiger partial charge in [0.2, 0.25) is 0 Å². The molecule has 1 aliphatic rings. The van der Waals surface area contributed by atoms with Crippen LogP contribution in [0.4, 0.5) is 9.18 Å². The molecule has 1 aliphatic heterocycles. The molecular weight excluding hydrogens is 465 g/mol. The van der Waals surface area contributed by atoms with Crippen LogP contribution in [0.3, 0.4) is 0 Å². The molecule has 5 nitrogen and oxygen atoms in total. The summed E-state index contributed by atoms with van der Waals surface area (Å²) in [5, 5.41) is 0.188. The smallest absolute Gasteiger partial charge is 0.293 e. The molecule has 8 heteroatoms. The molecule has 0 saturated carbocycles. The SMILES string of the molecule is COc1cccc(/C=C2\SC(=O)N(Cc3ccc(F)cc3)C2=O)c1OCc1ccccc1Cl. The lowest BCUT2D eigenvalue weighted by Gasteiger charge is -2.14. The minimum atomic E-state index is -0.422. The van der Waals surface area contributed by atoms with Crippen molar-refractivity contribution < 1.29 is 23.5 Å². The van der Waals surface area contributed by atoms with Crippen LogP contribution in [0.5, 0.6) is 11.5 Å². The number of methoxy groups -OCH3 is 1. The lowest BCUT2D eigenvalue weighted by Crippen LogP contribution is -2.27. The molecule has 1 heterocycles. The summed E-state index contributed by atoms with van der Waals surface area (Å²) in [6.45, 7) is 0.267. The first-order valence-electron chi connectivity index (χ1n) is 9.99. The number of carbonyl (C=O) groups is 2. The van der Waals surface area contributed by atoms with E-state index >= 15 is 0 Å². The normalized spacial score (nSPS) is 14.8. The van der Waals surface area contributed by atoms with Gasteiger partial charge < -0.3 is 9.47 Å². The van der Waals surface area contributed by atoms with Gasteiger partial charge in [0.25, 0.3) is 11.1 Å². The minimum absolute atomic E-state index is 0.0657. The highest BCUT2D eigenvalue weighted by molar-refractivity contribution is 8.18. The maximum absolute atomic E-state index is 13.2. The molecule has 0 bridgehead atoms. The zero-order valence-electron chi connectivity index (χ0n) is 17.6. The Hall–Kier alpha value is -3.29. The van der Waals surface area contributed by atoms with Crippen LogP contribution < -0.4 is 9.47 Å². The summed E-state index contributed by atoms with van der Waals surface area (Å²) in [5.74, 6) is 0.121. The molecule has 0 atom stereocenters. The van der Waals surface area contributed by atoms with E-state index in [1.54, 1.807) is 42.5 Å². The summed E-state index contributed by atoms with van der Waals surface area (Å²) in [4.78, 5) is 26.8. The second kappa shape index (κ2) is 10.1. The topological polar surface area (TPSA) is 55.8 Å². The average molecular weight is 484 g/mol. The van der Waals surface area contributed by atoms with E-state index in [-0.39, 0.29) is 23.9 Å². The van der Waals surface area contributed by atoms with Crippen molar-refractivity contribution in [2.24, 2.45) is 0 Å². The molecule has 0 unspecified atom stereocenters. The second-order valence-electron chi connectivity index (χ2n) is 7.15. The Labute approximate surface area is 199 Å². The molecule has 0 aliphatic carbocycles. The summed E-state index contributed by atoms with van der Waals surface area (Å²) in [6, 6.07) is 18.3. The molecule has 0 aromatic heterocycles. The van der Waals surface area contributed by atoms with E-state index in [0.717, 1.165) is 22.2 Å². The van der Waals surface area contributed by atoms with Crippen LogP contribution in [0.2, 0.25) is 5.02 Å². The van der Waals surface area contributed by atoms with Crippen molar-refractivity contribution in [3.8, 4) is 11.5 Å². The zero-order chi connectivity index (χ0) is 23.4. The van der Waals surface area contributed by atoms with E-state index in [4.69, 9.17) is 21.1 Å². The Morgan fingerprint density at radius 2 is 1.79 bits per heavy atom. The minimum Gasteiger partial charge on any atom is -0.493 e. The number of hydrogen-bond donors (Lipinski definition) is 0. The maximum atomic E-state index is 13.2. The third kappa shape index (κ3) is 5.21. The highest BCUT2D eigenvalue weighted by atomic mass is 35.5. The fourth-order valence-corrected chi connectivity index (χ4v) is 4.30. The van der Waals surface area contributed by atoms with Gasteiger partial charge in [-0.3, -0.25) is 14.5 Å². The van der Waals surface area contributed by atoms with Gasteiger partial charge in [-0.05, 0) is 47.7 Å². The third-order valence-electron chi connectivity index (χ3n) is 4.97. The van der Waals surface area contributed by atoms with Crippen LogP contribution in [0.25, 0.3) is 6.08 Å². The number of rotatable bonds is 7.